The highest BCUT2D eigenvalue weighted by Gasteiger charge is 2.41. The zero-order valence-electron chi connectivity index (χ0n) is 17.8. The van der Waals surface area contributed by atoms with Crippen LogP contribution in [-0.4, -0.2) is 44.0 Å². The summed E-state index contributed by atoms with van der Waals surface area (Å²) in [5.74, 6) is 0.787. The topological polar surface area (TPSA) is 53.5 Å². The van der Waals surface area contributed by atoms with Crippen molar-refractivity contribution in [1.82, 2.24) is 9.88 Å². The van der Waals surface area contributed by atoms with Gasteiger partial charge in [-0.25, -0.2) is 13.4 Å². The Kier molecular flexibility index (Phi) is 5.93. The molecular weight excluding hydrogens is 442 g/mol. The fourth-order valence-electron chi connectivity index (χ4n) is 4.93. The van der Waals surface area contributed by atoms with Crippen molar-refractivity contribution in [3.05, 3.63) is 89.1 Å². The average molecular weight is 468 g/mol. The number of halogens is 1. The van der Waals surface area contributed by atoms with E-state index < -0.39 is 15.1 Å². The van der Waals surface area contributed by atoms with Gasteiger partial charge in [-0.3, -0.25) is 4.90 Å². The van der Waals surface area contributed by atoms with E-state index >= 15 is 0 Å². The van der Waals surface area contributed by atoms with Crippen LogP contribution < -0.4 is 4.90 Å². The highest BCUT2D eigenvalue weighted by Crippen LogP contribution is 2.41. The third kappa shape index (κ3) is 4.15. The standard InChI is InChI=1S/C25H26ClN3O2S/c26-20-9-4-11-22(15-20)32(30,31)24-18-29(25-23(24)12-5-13-27-25)17-21-10-6-14-28(21)16-19-7-2-1-3-8-19/h1-5,7-9,11-13,15,21,24H,6,10,14,16-18H2. The van der Waals surface area contributed by atoms with E-state index in [4.69, 9.17) is 11.6 Å². The fraction of sp³-hybridized carbons (Fsp3) is 0.320. The van der Waals surface area contributed by atoms with Crippen molar-refractivity contribution in [3.8, 4) is 0 Å². The molecule has 2 aliphatic rings. The zero-order chi connectivity index (χ0) is 22.1. The molecule has 3 aromatic rings. The molecule has 2 atom stereocenters. The van der Waals surface area contributed by atoms with Gasteiger partial charge in [-0.05, 0) is 49.2 Å². The number of rotatable bonds is 6. The van der Waals surface area contributed by atoms with E-state index in [2.05, 4.69) is 39.0 Å². The van der Waals surface area contributed by atoms with Gasteiger partial charge in [-0.1, -0.05) is 54.1 Å². The predicted molar refractivity (Wildman–Crippen MR) is 128 cm³/mol. The molecule has 2 aromatic carbocycles. The fourth-order valence-corrected chi connectivity index (χ4v) is 6.96. The molecule has 0 N–H and O–H groups in total. The van der Waals surface area contributed by atoms with E-state index in [0.717, 1.165) is 43.9 Å². The van der Waals surface area contributed by atoms with Crippen LogP contribution in [0, 0.1) is 0 Å². The third-order valence-electron chi connectivity index (χ3n) is 6.51. The highest BCUT2D eigenvalue weighted by atomic mass is 35.5. The first-order valence-corrected chi connectivity index (χ1v) is 12.9. The summed E-state index contributed by atoms with van der Waals surface area (Å²) < 4.78 is 27.0. The molecule has 32 heavy (non-hydrogen) atoms. The van der Waals surface area contributed by atoms with Crippen LogP contribution in [0.15, 0.2) is 77.8 Å². The first kappa shape index (κ1) is 21.4. The number of sulfone groups is 1. The van der Waals surface area contributed by atoms with E-state index in [9.17, 15) is 8.42 Å². The molecule has 3 heterocycles. The van der Waals surface area contributed by atoms with E-state index in [-0.39, 0.29) is 4.90 Å². The maximum absolute atomic E-state index is 13.5. The van der Waals surface area contributed by atoms with Crippen LogP contribution in [0.1, 0.15) is 29.2 Å². The monoisotopic (exact) mass is 467 g/mol. The van der Waals surface area contributed by atoms with Gasteiger partial charge < -0.3 is 4.90 Å². The highest BCUT2D eigenvalue weighted by molar-refractivity contribution is 7.91. The van der Waals surface area contributed by atoms with Crippen LogP contribution in [0.4, 0.5) is 5.82 Å². The number of hydrogen-bond acceptors (Lipinski definition) is 5. The van der Waals surface area contributed by atoms with Crippen molar-refractivity contribution in [2.45, 2.75) is 35.6 Å². The number of benzene rings is 2. The SMILES string of the molecule is O=S(=O)(c1cccc(Cl)c1)C1CN(CC2CCCN2Cc2ccccc2)c2ncccc21. The molecular formula is C25H26ClN3O2S. The molecule has 1 fully saturated rings. The quantitative estimate of drug-likeness (QED) is 0.524. The van der Waals surface area contributed by atoms with Crippen LogP contribution in [0.5, 0.6) is 0 Å². The minimum absolute atomic E-state index is 0.262. The van der Waals surface area contributed by atoms with E-state index in [1.165, 1.54) is 11.6 Å². The van der Waals surface area contributed by atoms with Crippen molar-refractivity contribution in [2.24, 2.45) is 0 Å². The van der Waals surface area contributed by atoms with E-state index in [0.29, 0.717) is 17.6 Å². The van der Waals surface area contributed by atoms with Crippen LogP contribution >= 0.6 is 11.6 Å². The lowest BCUT2D eigenvalue weighted by atomic mass is 10.1. The molecule has 2 unspecified atom stereocenters. The van der Waals surface area contributed by atoms with Crippen LogP contribution in [0.2, 0.25) is 5.02 Å². The van der Waals surface area contributed by atoms with Crippen molar-refractivity contribution < 1.29 is 8.42 Å². The molecule has 0 aliphatic carbocycles. The Morgan fingerprint density at radius 3 is 2.69 bits per heavy atom. The number of pyridine rings is 1. The summed E-state index contributed by atoms with van der Waals surface area (Å²) in [7, 11) is -3.58. The lowest BCUT2D eigenvalue weighted by Crippen LogP contribution is -2.40. The molecule has 0 amide bonds. The molecule has 1 saturated heterocycles. The Labute approximate surface area is 194 Å². The second kappa shape index (κ2) is 8.85. The van der Waals surface area contributed by atoms with Gasteiger partial charge in [-0.15, -0.1) is 0 Å². The van der Waals surface area contributed by atoms with Crippen LogP contribution in [0.25, 0.3) is 0 Å². The molecule has 0 spiro atoms. The molecule has 1 aromatic heterocycles. The van der Waals surface area contributed by atoms with Crippen molar-refractivity contribution in [2.75, 3.05) is 24.5 Å². The number of likely N-dealkylation sites (tertiary alicyclic amines) is 1. The minimum atomic E-state index is -3.58. The largest absolute Gasteiger partial charge is 0.353 e. The van der Waals surface area contributed by atoms with Gasteiger partial charge in [0.1, 0.15) is 11.1 Å². The van der Waals surface area contributed by atoms with Gasteiger partial charge in [0.25, 0.3) is 0 Å². The molecule has 0 saturated carbocycles. The number of fused-ring (bicyclic) bond motifs is 1. The van der Waals surface area contributed by atoms with Crippen LogP contribution in [-0.2, 0) is 16.4 Å². The lowest BCUT2D eigenvalue weighted by Gasteiger charge is -2.29. The second-order valence-corrected chi connectivity index (χ2v) is 11.1. The Bertz CT molecular complexity index is 1200. The Morgan fingerprint density at radius 1 is 1.03 bits per heavy atom. The number of anilines is 1. The van der Waals surface area contributed by atoms with Gasteiger partial charge in [0.15, 0.2) is 9.84 Å². The molecule has 166 valence electrons. The number of aromatic nitrogens is 1. The summed E-state index contributed by atoms with van der Waals surface area (Å²) in [6, 6.07) is 21.1. The van der Waals surface area contributed by atoms with Gasteiger partial charge >= 0.3 is 0 Å². The Hall–Kier alpha value is -2.41. The van der Waals surface area contributed by atoms with Crippen molar-refractivity contribution in [3.63, 3.8) is 0 Å². The average Bonchev–Trinajstić information content (AvgIpc) is 3.40. The molecule has 0 radical (unpaired) electrons. The molecule has 2 aliphatic heterocycles. The predicted octanol–water partition coefficient (Wildman–Crippen LogP) is 4.73. The smallest absolute Gasteiger partial charge is 0.187 e. The third-order valence-corrected chi connectivity index (χ3v) is 8.81. The minimum Gasteiger partial charge on any atom is -0.353 e. The first-order valence-electron chi connectivity index (χ1n) is 11.0. The summed E-state index contributed by atoms with van der Waals surface area (Å²) in [6.45, 7) is 3.17. The summed E-state index contributed by atoms with van der Waals surface area (Å²) in [4.78, 5) is 9.52. The number of nitrogens with zero attached hydrogens (tertiary/aromatic N) is 3. The number of hydrogen-bond donors (Lipinski definition) is 0. The van der Waals surface area contributed by atoms with Crippen LogP contribution in [0.3, 0.4) is 0 Å². The summed E-state index contributed by atoms with van der Waals surface area (Å²) in [5, 5.41) is -0.219. The van der Waals surface area contributed by atoms with Gasteiger partial charge in [0.2, 0.25) is 0 Å². The Morgan fingerprint density at radius 2 is 1.88 bits per heavy atom. The maximum atomic E-state index is 13.5. The summed E-state index contributed by atoms with van der Waals surface area (Å²) >= 11 is 6.09. The molecule has 5 nitrogen and oxygen atoms in total. The van der Waals surface area contributed by atoms with Gasteiger partial charge in [-0.2, -0.15) is 0 Å². The summed E-state index contributed by atoms with van der Waals surface area (Å²) in [6.07, 6.45) is 4.01. The second-order valence-electron chi connectivity index (χ2n) is 8.56. The van der Waals surface area contributed by atoms with Crippen molar-refractivity contribution in [1.29, 1.82) is 0 Å². The van der Waals surface area contributed by atoms with Crippen molar-refractivity contribution >= 4 is 27.3 Å². The Balaban J connectivity index is 1.39. The van der Waals surface area contributed by atoms with E-state index in [1.54, 1.807) is 24.4 Å². The summed E-state index contributed by atoms with van der Waals surface area (Å²) in [5.41, 5.74) is 2.08. The van der Waals surface area contributed by atoms with Gasteiger partial charge in [0.05, 0.1) is 4.90 Å². The lowest BCUT2D eigenvalue weighted by molar-refractivity contribution is 0.247. The first-order chi connectivity index (χ1) is 15.5. The van der Waals surface area contributed by atoms with Gasteiger partial charge in [0, 0.05) is 42.5 Å². The maximum Gasteiger partial charge on any atom is 0.187 e. The molecule has 5 rings (SSSR count). The molecule has 0 bridgehead atoms. The van der Waals surface area contributed by atoms with E-state index in [1.807, 2.05) is 18.2 Å². The molecule has 7 heteroatoms. The zero-order valence-corrected chi connectivity index (χ0v) is 19.3. The normalized spacial score (nSPS) is 21.1.